The van der Waals surface area contributed by atoms with Crippen molar-refractivity contribution in [1.82, 2.24) is 15.0 Å². The molecule has 8 heteroatoms. The third-order valence-corrected chi connectivity index (χ3v) is 5.62. The van der Waals surface area contributed by atoms with Gasteiger partial charge in [-0.05, 0) is 61.0 Å². The van der Waals surface area contributed by atoms with Gasteiger partial charge in [-0.1, -0.05) is 42.1 Å². The van der Waals surface area contributed by atoms with Gasteiger partial charge in [-0.25, -0.2) is 10.4 Å². The largest absolute Gasteiger partial charge is 0.494 e. The molecule has 0 unspecified atom stereocenters. The van der Waals surface area contributed by atoms with Crippen molar-refractivity contribution in [1.29, 1.82) is 0 Å². The molecule has 0 fully saturated rings. The van der Waals surface area contributed by atoms with E-state index in [2.05, 4.69) is 15.5 Å². The van der Waals surface area contributed by atoms with Crippen molar-refractivity contribution in [3.8, 4) is 11.4 Å². The van der Waals surface area contributed by atoms with Gasteiger partial charge in [-0.3, -0.25) is 14.2 Å². The first-order valence-electron chi connectivity index (χ1n) is 10.4. The molecule has 0 aliphatic rings. The van der Waals surface area contributed by atoms with Crippen LogP contribution in [0.3, 0.4) is 0 Å². The lowest BCUT2D eigenvalue weighted by atomic mass is 10.2. The van der Waals surface area contributed by atoms with E-state index in [1.807, 2.05) is 73.7 Å². The maximum absolute atomic E-state index is 13.2. The summed E-state index contributed by atoms with van der Waals surface area (Å²) in [6, 6.07) is 23.8. The predicted molar refractivity (Wildman–Crippen MR) is 131 cm³/mol. The van der Waals surface area contributed by atoms with E-state index in [0.29, 0.717) is 28.4 Å². The van der Waals surface area contributed by atoms with Gasteiger partial charge in [0, 0.05) is 0 Å². The summed E-state index contributed by atoms with van der Waals surface area (Å²) in [5.74, 6) is 0.532. The molecule has 1 amide bonds. The Bertz CT molecular complexity index is 1340. The Labute approximate surface area is 195 Å². The number of fused-ring (bicyclic) bond motifs is 1. The standard InChI is InChI=1S/C25H22N4O3S/c1-2-32-20-14-12-18(13-15-20)16-26-28-23(30)17-33-25-27-22-11-7-6-10-21(22)24(31)29(25)19-8-4-3-5-9-19/h3-16H,2,17H2,1H3,(H,28,30)/b26-16+. The highest BCUT2D eigenvalue weighted by Crippen LogP contribution is 2.21. The smallest absolute Gasteiger partial charge is 0.266 e. The van der Waals surface area contributed by atoms with E-state index in [-0.39, 0.29) is 17.2 Å². The summed E-state index contributed by atoms with van der Waals surface area (Å²) in [6.45, 7) is 2.53. The summed E-state index contributed by atoms with van der Waals surface area (Å²) in [7, 11) is 0. The zero-order chi connectivity index (χ0) is 23.0. The molecule has 0 saturated heterocycles. The van der Waals surface area contributed by atoms with Gasteiger partial charge in [0.2, 0.25) is 0 Å². The van der Waals surface area contributed by atoms with Crippen LogP contribution < -0.4 is 15.7 Å². The van der Waals surface area contributed by atoms with E-state index in [9.17, 15) is 9.59 Å². The number of carbonyl (C=O) groups excluding carboxylic acids is 1. The van der Waals surface area contributed by atoms with E-state index in [1.54, 1.807) is 18.3 Å². The number of para-hydroxylation sites is 2. The number of hydrazone groups is 1. The molecular formula is C25H22N4O3S. The number of nitrogens with zero attached hydrogens (tertiary/aromatic N) is 3. The van der Waals surface area contributed by atoms with Crippen LogP contribution in [-0.4, -0.2) is 34.0 Å². The van der Waals surface area contributed by atoms with Crippen LogP contribution in [0.5, 0.6) is 5.75 Å². The van der Waals surface area contributed by atoms with Crippen molar-refractivity contribution in [3.63, 3.8) is 0 Å². The second kappa shape index (κ2) is 10.6. The fourth-order valence-electron chi connectivity index (χ4n) is 3.17. The van der Waals surface area contributed by atoms with Gasteiger partial charge in [0.05, 0.1) is 35.2 Å². The van der Waals surface area contributed by atoms with E-state index in [0.717, 1.165) is 11.3 Å². The molecular weight excluding hydrogens is 436 g/mol. The monoisotopic (exact) mass is 458 g/mol. The molecule has 1 N–H and O–H groups in total. The molecule has 1 heterocycles. The zero-order valence-corrected chi connectivity index (χ0v) is 18.8. The van der Waals surface area contributed by atoms with Gasteiger partial charge in [-0.2, -0.15) is 5.10 Å². The number of hydrogen-bond acceptors (Lipinski definition) is 6. The highest BCUT2D eigenvalue weighted by atomic mass is 32.2. The number of benzene rings is 3. The lowest BCUT2D eigenvalue weighted by Gasteiger charge is -2.12. The molecule has 7 nitrogen and oxygen atoms in total. The maximum atomic E-state index is 13.2. The van der Waals surface area contributed by atoms with Gasteiger partial charge in [0.15, 0.2) is 5.16 Å². The van der Waals surface area contributed by atoms with Crippen molar-refractivity contribution in [2.24, 2.45) is 5.10 Å². The number of hydrogen-bond donors (Lipinski definition) is 1. The van der Waals surface area contributed by atoms with Gasteiger partial charge in [0.1, 0.15) is 5.75 Å². The van der Waals surface area contributed by atoms with Crippen LogP contribution >= 0.6 is 11.8 Å². The van der Waals surface area contributed by atoms with Gasteiger partial charge in [0.25, 0.3) is 11.5 Å². The minimum Gasteiger partial charge on any atom is -0.494 e. The van der Waals surface area contributed by atoms with Crippen LogP contribution in [0.15, 0.2) is 93.9 Å². The second-order valence-corrected chi connectivity index (χ2v) is 7.91. The number of aromatic nitrogens is 2. The van der Waals surface area contributed by atoms with E-state index < -0.39 is 0 Å². The molecule has 3 aromatic carbocycles. The summed E-state index contributed by atoms with van der Waals surface area (Å²) in [6.07, 6.45) is 1.56. The molecule has 166 valence electrons. The van der Waals surface area contributed by atoms with Crippen LogP contribution in [0.1, 0.15) is 12.5 Å². The second-order valence-electron chi connectivity index (χ2n) is 6.97. The average molecular weight is 459 g/mol. The summed E-state index contributed by atoms with van der Waals surface area (Å²) >= 11 is 1.18. The highest BCUT2D eigenvalue weighted by molar-refractivity contribution is 7.99. The Morgan fingerprint density at radius 2 is 1.79 bits per heavy atom. The Balaban J connectivity index is 1.48. The first-order valence-corrected chi connectivity index (χ1v) is 11.4. The van der Waals surface area contributed by atoms with Crippen molar-refractivity contribution >= 4 is 34.8 Å². The number of nitrogens with one attached hydrogen (secondary N) is 1. The summed E-state index contributed by atoms with van der Waals surface area (Å²) in [5.41, 5.74) is 4.45. The van der Waals surface area contributed by atoms with E-state index in [1.165, 1.54) is 16.3 Å². The minimum atomic E-state index is -0.302. The summed E-state index contributed by atoms with van der Waals surface area (Å²) in [4.78, 5) is 30.2. The SMILES string of the molecule is CCOc1ccc(/C=N/NC(=O)CSc2nc3ccccc3c(=O)n2-c2ccccc2)cc1. The van der Waals surface area contributed by atoms with E-state index in [4.69, 9.17) is 4.74 Å². The fraction of sp³-hybridized carbons (Fsp3) is 0.120. The lowest BCUT2D eigenvalue weighted by molar-refractivity contribution is -0.118. The molecule has 4 aromatic rings. The Morgan fingerprint density at radius 1 is 1.06 bits per heavy atom. The first-order chi connectivity index (χ1) is 16.2. The topological polar surface area (TPSA) is 85.6 Å². The molecule has 0 atom stereocenters. The molecule has 4 rings (SSSR count). The van der Waals surface area contributed by atoms with Crippen LogP contribution in [0, 0.1) is 0 Å². The van der Waals surface area contributed by atoms with Crippen molar-refractivity contribution < 1.29 is 9.53 Å². The van der Waals surface area contributed by atoms with Crippen LogP contribution in [-0.2, 0) is 4.79 Å². The van der Waals surface area contributed by atoms with Crippen LogP contribution in [0.2, 0.25) is 0 Å². The molecule has 0 radical (unpaired) electrons. The van der Waals surface area contributed by atoms with Crippen LogP contribution in [0.4, 0.5) is 0 Å². The fourth-order valence-corrected chi connectivity index (χ4v) is 3.98. The van der Waals surface area contributed by atoms with Crippen molar-refractivity contribution in [2.45, 2.75) is 12.1 Å². The quantitative estimate of drug-likeness (QED) is 0.187. The molecule has 0 bridgehead atoms. The molecule has 1 aromatic heterocycles. The Kier molecular flexibility index (Phi) is 7.16. The molecule has 0 aliphatic carbocycles. The normalized spacial score (nSPS) is 11.1. The van der Waals surface area contributed by atoms with Gasteiger partial charge < -0.3 is 4.74 Å². The molecule has 0 aliphatic heterocycles. The predicted octanol–water partition coefficient (Wildman–Crippen LogP) is 4.03. The lowest BCUT2D eigenvalue weighted by Crippen LogP contribution is -2.24. The zero-order valence-electron chi connectivity index (χ0n) is 18.0. The van der Waals surface area contributed by atoms with Gasteiger partial charge >= 0.3 is 0 Å². The Morgan fingerprint density at radius 3 is 2.55 bits per heavy atom. The summed E-state index contributed by atoms with van der Waals surface area (Å²) in [5, 5.41) is 4.97. The number of rotatable bonds is 8. The molecule has 0 spiro atoms. The average Bonchev–Trinajstić information content (AvgIpc) is 2.85. The highest BCUT2D eigenvalue weighted by Gasteiger charge is 2.14. The van der Waals surface area contributed by atoms with Gasteiger partial charge in [-0.15, -0.1) is 0 Å². The van der Waals surface area contributed by atoms with Crippen LogP contribution in [0.25, 0.3) is 16.6 Å². The number of thioether (sulfide) groups is 1. The third-order valence-electron chi connectivity index (χ3n) is 4.69. The number of amides is 1. The first kappa shape index (κ1) is 22.3. The van der Waals surface area contributed by atoms with E-state index >= 15 is 0 Å². The molecule has 33 heavy (non-hydrogen) atoms. The molecule has 0 saturated carbocycles. The minimum absolute atomic E-state index is 0.0538. The third kappa shape index (κ3) is 5.48. The number of carbonyl (C=O) groups is 1. The van der Waals surface area contributed by atoms with Crippen molar-refractivity contribution in [3.05, 3.63) is 94.8 Å². The number of ether oxygens (including phenoxy) is 1. The maximum Gasteiger partial charge on any atom is 0.266 e. The summed E-state index contributed by atoms with van der Waals surface area (Å²) < 4.78 is 6.94. The van der Waals surface area contributed by atoms with Crippen molar-refractivity contribution in [2.75, 3.05) is 12.4 Å². The Hall–Kier alpha value is -3.91.